The number of rotatable bonds is 7. The molecule has 0 bridgehead atoms. The molecule has 0 spiro atoms. The standard InChI is InChI=1S/C23H20N2O5/c1-15(30-20-8-3-2-4-9-20)21(26)25-19-7-5-6-17(14-19)22(27)24-18-12-10-16(11-13-18)23(28)29/h2-15H,1H3,(H,24,27)(H,25,26)(H,28,29). The lowest BCUT2D eigenvalue weighted by Gasteiger charge is -2.15. The van der Waals surface area contributed by atoms with Crippen LogP contribution in [0.3, 0.4) is 0 Å². The molecule has 0 aliphatic heterocycles. The molecule has 0 heterocycles. The summed E-state index contributed by atoms with van der Waals surface area (Å²) in [5.74, 6) is -1.19. The van der Waals surface area contributed by atoms with Crippen molar-refractivity contribution in [2.45, 2.75) is 13.0 Å². The smallest absolute Gasteiger partial charge is 0.335 e. The summed E-state index contributed by atoms with van der Waals surface area (Å²) in [4.78, 5) is 35.8. The Kier molecular flexibility index (Phi) is 6.44. The first-order valence-electron chi connectivity index (χ1n) is 9.20. The van der Waals surface area contributed by atoms with Crippen molar-refractivity contribution in [3.05, 3.63) is 90.0 Å². The van der Waals surface area contributed by atoms with Gasteiger partial charge < -0.3 is 20.5 Å². The highest BCUT2D eigenvalue weighted by molar-refractivity contribution is 6.05. The van der Waals surface area contributed by atoms with Crippen LogP contribution in [0.15, 0.2) is 78.9 Å². The summed E-state index contributed by atoms with van der Waals surface area (Å²) in [6.45, 7) is 1.64. The molecular weight excluding hydrogens is 384 g/mol. The zero-order chi connectivity index (χ0) is 21.5. The molecule has 2 amide bonds. The fourth-order valence-electron chi connectivity index (χ4n) is 2.64. The average Bonchev–Trinajstić information content (AvgIpc) is 2.75. The SMILES string of the molecule is CC(Oc1ccccc1)C(=O)Nc1cccc(C(=O)Nc2ccc(C(=O)O)cc2)c1. The fourth-order valence-corrected chi connectivity index (χ4v) is 2.64. The molecule has 3 aromatic rings. The van der Waals surface area contributed by atoms with Crippen LogP contribution in [0, 0.1) is 0 Å². The molecule has 1 atom stereocenters. The second-order valence-electron chi connectivity index (χ2n) is 6.48. The summed E-state index contributed by atoms with van der Waals surface area (Å²) in [5, 5.41) is 14.4. The largest absolute Gasteiger partial charge is 0.481 e. The Balaban J connectivity index is 1.62. The van der Waals surface area contributed by atoms with Gasteiger partial charge >= 0.3 is 5.97 Å². The zero-order valence-corrected chi connectivity index (χ0v) is 16.2. The van der Waals surface area contributed by atoms with Crippen molar-refractivity contribution in [1.82, 2.24) is 0 Å². The van der Waals surface area contributed by atoms with E-state index in [0.29, 0.717) is 22.7 Å². The molecule has 3 N–H and O–H groups in total. The number of nitrogens with one attached hydrogen (secondary N) is 2. The van der Waals surface area contributed by atoms with E-state index in [9.17, 15) is 14.4 Å². The highest BCUT2D eigenvalue weighted by Crippen LogP contribution is 2.16. The van der Waals surface area contributed by atoms with Crippen LogP contribution in [0.25, 0.3) is 0 Å². The molecule has 3 rings (SSSR count). The van der Waals surface area contributed by atoms with E-state index in [1.54, 1.807) is 43.3 Å². The van der Waals surface area contributed by atoms with Crippen molar-refractivity contribution >= 4 is 29.2 Å². The second kappa shape index (κ2) is 9.38. The van der Waals surface area contributed by atoms with Crippen molar-refractivity contribution in [2.24, 2.45) is 0 Å². The monoisotopic (exact) mass is 404 g/mol. The Hall–Kier alpha value is -4.13. The third-order valence-corrected chi connectivity index (χ3v) is 4.21. The Morgan fingerprint density at radius 2 is 1.50 bits per heavy atom. The lowest BCUT2D eigenvalue weighted by Crippen LogP contribution is -2.30. The van der Waals surface area contributed by atoms with Gasteiger partial charge in [0.15, 0.2) is 6.10 Å². The van der Waals surface area contributed by atoms with Gasteiger partial charge in [0.25, 0.3) is 11.8 Å². The maximum Gasteiger partial charge on any atom is 0.335 e. The van der Waals surface area contributed by atoms with Crippen LogP contribution in [0.4, 0.5) is 11.4 Å². The number of aromatic carboxylic acids is 1. The second-order valence-corrected chi connectivity index (χ2v) is 6.48. The van der Waals surface area contributed by atoms with Crippen molar-refractivity contribution in [3.63, 3.8) is 0 Å². The minimum absolute atomic E-state index is 0.129. The number of carbonyl (C=O) groups is 3. The predicted octanol–water partition coefficient (Wildman–Crippen LogP) is 4.04. The lowest BCUT2D eigenvalue weighted by molar-refractivity contribution is -0.122. The quantitative estimate of drug-likeness (QED) is 0.551. The average molecular weight is 404 g/mol. The zero-order valence-electron chi connectivity index (χ0n) is 16.2. The Morgan fingerprint density at radius 3 is 2.17 bits per heavy atom. The highest BCUT2D eigenvalue weighted by atomic mass is 16.5. The van der Waals surface area contributed by atoms with Crippen LogP contribution in [0.2, 0.25) is 0 Å². The van der Waals surface area contributed by atoms with Crippen LogP contribution < -0.4 is 15.4 Å². The van der Waals surface area contributed by atoms with E-state index in [0.717, 1.165) is 0 Å². The number of hydrogen-bond acceptors (Lipinski definition) is 4. The molecule has 3 aromatic carbocycles. The van der Waals surface area contributed by atoms with E-state index >= 15 is 0 Å². The molecule has 0 saturated carbocycles. The van der Waals surface area contributed by atoms with Gasteiger partial charge in [-0.05, 0) is 61.5 Å². The summed E-state index contributed by atoms with van der Waals surface area (Å²) in [6, 6.07) is 21.3. The third kappa shape index (κ3) is 5.45. The van der Waals surface area contributed by atoms with Crippen molar-refractivity contribution in [2.75, 3.05) is 10.6 Å². The minimum atomic E-state index is -1.04. The normalized spacial score (nSPS) is 11.2. The van der Waals surface area contributed by atoms with Crippen molar-refractivity contribution in [1.29, 1.82) is 0 Å². The van der Waals surface area contributed by atoms with Gasteiger partial charge in [-0.25, -0.2) is 4.79 Å². The van der Waals surface area contributed by atoms with Gasteiger partial charge in [-0.3, -0.25) is 9.59 Å². The number of carbonyl (C=O) groups excluding carboxylic acids is 2. The van der Waals surface area contributed by atoms with E-state index in [1.807, 2.05) is 18.2 Å². The summed E-state index contributed by atoms with van der Waals surface area (Å²) in [7, 11) is 0. The molecule has 0 radical (unpaired) electrons. The Morgan fingerprint density at radius 1 is 0.800 bits per heavy atom. The Bertz CT molecular complexity index is 1050. The molecular formula is C23H20N2O5. The molecule has 0 saturated heterocycles. The summed E-state index contributed by atoms with van der Waals surface area (Å²) in [6.07, 6.45) is -0.724. The predicted molar refractivity (Wildman–Crippen MR) is 113 cm³/mol. The van der Waals surface area contributed by atoms with Crippen molar-refractivity contribution in [3.8, 4) is 5.75 Å². The van der Waals surface area contributed by atoms with Crippen LogP contribution in [0.1, 0.15) is 27.6 Å². The van der Waals surface area contributed by atoms with Gasteiger partial charge in [-0.2, -0.15) is 0 Å². The molecule has 0 aliphatic carbocycles. The van der Waals surface area contributed by atoms with E-state index in [-0.39, 0.29) is 17.4 Å². The van der Waals surface area contributed by atoms with Crippen molar-refractivity contribution < 1.29 is 24.2 Å². The van der Waals surface area contributed by atoms with Crippen LogP contribution >= 0.6 is 0 Å². The summed E-state index contributed by atoms with van der Waals surface area (Å²) in [5.41, 5.74) is 1.39. The maximum absolute atomic E-state index is 12.5. The molecule has 152 valence electrons. The highest BCUT2D eigenvalue weighted by Gasteiger charge is 2.16. The Labute approximate surface area is 173 Å². The number of amides is 2. The summed E-state index contributed by atoms with van der Waals surface area (Å²) >= 11 is 0. The van der Waals surface area contributed by atoms with Gasteiger partial charge in [0.05, 0.1) is 5.56 Å². The first-order valence-corrected chi connectivity index (χ1v) is 9.20. The van der Waals surface area contributed by atoms with E-state index < -0.39 is 12.1 Å². The van der Waals surface area contributed by atoms with Crippen LogP contribution in [0.5, 0.6) is 5.75 Å². The number of hydrogen-bond donors (Lipinski definition) is 3. The van der Waals surface area contributed by atoms with Gasteiger partial charge in [-0.1, -0.05) is 24.3 Å². The first kappa shape index (κ1) is 20.6. The maximum atomic E-state index is 12.5. The molecule has 0 aliphatic rings. The molecule has 1 unspecified atom stereocenters. The third-order valence-electron chi connectivity index (χ3n) is 4.21. The fraction of sp³-hybridized carbons (Fsp3) is 0.0870. The number of ether oxygens (including phenoxy) is 1. The molecule has 7 heteroatoms. The number of carboxylic acids is 1. The van der Waals surface area contributed by atoms with Crippen LogP contribution in [-0.2, 0) is 4.79 Å². The molecule has 0 fully saturated rings. The number of benzene rings is 3. The van der Waals surface area contributed by atoms with Gasteiger partial charge in [0.1, 0.15) is 5.75 Å². The number of carboxylic acid groups (broad SMARTS) is 1. The lowest BCUT2D eigenvalue weighted by atomic mass is 10.1. The van der Waals surface area contributed by atoms with E-state index in [4.69, 9.17) is 9.84 Å². The molecule has 7 nitrogen and oxygen atoms in total. The molecule has 30 heavy (non-hydrogen) atoms. The number of para-hydroxylation sites is 1. The molecule has 0 aromatic heterocycles. The van der Waals surface area contributed by atoms with E-state index in [2.05, 4.69) is 10.6 Å². The van der Waals surface area contributed by atoms with Crippen LogP contribution in [-0.4, -0.2) is 29.0 Å². The minimum Gasteiger partial charge on any atom is -0.481 e. The van der Waals surface area contributed by atoms with Gasteiger partial charge in [-0.15, -0.1) is 0 Å². The van der Waals surface area contributed by atoms with Gasteiger partial charge in [0.2, 0.25) is 0 Å². The first-order chi connectivity index (χ1) is 14.4. The summed E-state index contributed by atoms with van der Waals surface area (Å²) < 4.78 is 5.60. The number of anilines is 2. The van der Waals surface area contributed by atoms with Gasteiger partial charge in [0, 0.05) is 16.9 Å². The topological polar surface area (TPSA) is 105 Å². The van der Waals surface area contributed by atoms with E-state index in [1.165, 1.54) is 24.3 Å².